The molecule has 1 aromatic rings. The molecule has 64 valence electrons. The van der Waals surface area contributed by atoms with Gasteiger partial charge >= 0.3 is 0 Å². The Morgan fingerprint density at radius 2 is 2.33 bits per heavy atom. The van der Waals surface area contributed by atoms with E-state index >= 15 is 0 Å². The van der Waals surface area contributed by atoms with Gasteiger partial charge in [0.15, 0.2) is 0 Å². The molecule has 1 aliphatic heterocycles. The molecule has 0 N–H and O–H groups in total. The van der Waals surface area contributed by atoms with E-state index in [1.807, 2.05) is 12.3 Å². The van der Waals surface area contributed by atoms with Crippen LogP contribution in [-0.4, -0.2) is 11.6 Å². The first kappa shape index (κ1) is 7.59. The minimum Gasteiger partial charge on any atom is -0.491 e. The van der Waals surface area contributed by atoms with E-state index in [0.717, 1.165) is 24.5 Å². The zero-order chi connectivity index (χ0) is 8.55. The maximum atomic E-state index is 5.53. The molecule has 0 bridgehead atoms. The van der Waals surface area contributed by atoms with E-state index in [0.29, 0.717) is 5.92 Å². The molecule has 2 rings (SSSR count). The van der Waals surface area contributed by atoms with Gasteiger partial charge in [-0.3, -0.25) is 4.98 Å². The summed E-state index contributed by atoms with van der Waals surface area (Å²) in [6.45, 7) is 5.11. The van der Waals surface area contributed by atoms with Gasteiger partial charge in [-0.25, -0.2) is 0 Å². The van der Waals surface area contributed by atoms with Crippen molar-refractivity contribution in [2.45, 2.75) is 26.2 Å². The lowest BCUT2D eigenvalue weighted by molar-refractivity contribution is 0.350. The number of rotatable bonds is 1. The lowest BCUT2D eigenvalue weighted by Crippen LogP contribution is -1.96. The summed E-state index contributed by atoms with van der Waals surface area (Å²) < 4.78 is 5.53. The van der Waals surface area contributed by atoms with E-state index < -0.39 is 0 Å². The summed E-state index contributed by atoms with van der Waals surface area (Å²) in [6, 6.07) is 2.05. The van der Waals surface area contributed by atoms with E-state index in [-0.39, 0.29) is 0 Å². The maximum Gasteiger partial charge on any atom is 0.144 e. The van der Waals surface area contributed by atoms with Crippen molar-refractivity contribution in [1.82, 2.24) is 4.98 Å². The molecule has 0 aromatic carbocycles. The molecule has 1 aliphatic rings. The first-order valence-electron chi connectivity index (χ1n) is 4.39. The molecule has 0 radical (unpaired) electrons. The zero-order valence-electron chi connectivity index (χ0n) is 7.50. The molecule has 0 aliphatic carbocycles. The molecule has 0 saturated carbocycles. The molecule has 0 amide bonds. The van der Waals surface area contributed by atoms with Crippen molar-refractivity contribution in [3.63, 3.8) is 0 Å². The third-order valence-corrected chi connectivity index (χ3v) is 2.18. The average molecular weight is 163 g/mol. The Morgan fingerprint density at radius 3 is 3.08 bits per heavy atom. The van der Waals surface area contributed by atoms with Gasteiger partial charge in [0.05, 0.1) is 12.3 Å². The fraction of sp³-hybridized carbons (Fsp3) is 0.500. The summed E-state index contributed by atoms with van der Waals surface area (Å²) in [5.74, 6) is 1.49. The molecule has 2 heteroatoms. The van der Waals surface area contributed by atoms with Crippen LogP contribution in [0, 0.1) is 0 Å². The summed E-state index contributed by atoms with van der Waals surface area (Å²) >= 11 is 0. The molecular weight excluding hydrogens is 150 g/mol. The van der Waals surface area contributed by atoms with E-state index in [2.05, 4.69) is 18.8 Å². The molecule has 0 spiro atoms. The smallest absolute Gasteiger partial charge is 0.144 e. The quantitative estimate of drug-likeness (QED) is 0.632. The highest BCUT2D eigenvalue weighted by Gasteiger charge is 2.18. The van der Waals surface area contributed by atoms with Crippen molar-refractivity contribution in [3.05, 3.63) is 23.5 Å². The minimum absolute atomic E-state index is 0.457. The number of nitrogens with zero attached hydrogens (tertiary/aromatic N) is 1. The highest BCUT2D eigenvalue weighted by molar-refractivity contribution is 5.40. The van der Waals surface area contributed by atoms with Crippen LogP contribution in [0.4, 0.5) is 0 Å². The minimum atomic E-state index is 0.457. The van der Waals surface area contributed by atoms with Crippen LogP contribution in [0.3, 0.4) is 0 Å². The van der Waals surface area contributed by atoms with Gasteiger partial charge in [0, 0.05) is 18.2 Å². The monoisotopic (exact) mass is 163 g/mol. The van der Waals surface area contributed by atoms with Gasteiger partial charge in [-0.1, -0.05) is 13.8 Å². The first-order chi connectivity index (χ1) is 5.79. The SMILES string of the molecule is CC(C)c1nccc2c1OCC2. The molecule has 2 nitrogen and oxygen atoms in total. The van der Waals surface area contributed by atoms with Gasteiger partial charge in [-0.2, -0.15) is 0 Å². The number of pyridine rings is 1. The predicted molar refractivity (Wildman–Crippen MR) is 47.5 cm³/mol. The molecule has 2 heterocycles. The second-order valence-corrected chi connectivity index (χ2v) is 3.44. The maximum absolute atomic E-state index is 5.53. The molecular formula is C10H13NO. The topological polar surface area (TPSA) is 22.1 Å². The van der Waals surface area contributed by atoms with Crippen LogP contribution in [0.2, 0.25) is 0 Å². The Bertz CT molecular complexity index is 294. The molecule has 0 unspecified atom stereocenters. The lowest BCUT2D eigenvalue weighted by Gasteiger charge is -2.08. The van der Waals surface area contributed by atoms with Gasteiger partial charge in [0.1, 0.15) is 5.75 Å². The first-order valence-corrected chi connectivity index (χ1v) is 4.39. The lowest BCUT2D eigenvalue weighted by atomic mass is 10.1. The van der Waals surface area contributed by atoms with Crippen LogP contribution in [0.15, 0.2) is 12.3 Å². The number of hydrogen-bond donors (Lipinski definition) is 0. The van der Waals surface area contributed by atoms with Crippen LogP contribution < -0.4 is 4.74 Å². The van der Waals surface area contributed by atoms with Crippen molar-refractivity contribution >= 4 is 0 Å². The van der Waals surface area contributed by atoms with Gasteiger partial charge in [-0.05, 0) is 12.0 Å². The standard InChI is InChI=1S/C10H13NO/c1-7(2)9-10-8(3-5-11-9)4-6-12-10/h3,5,7H,4,6H2,1-2H3. The van der Waals surface area contributed by atoms with Gasteiger partial charge < -0.3 is 4.74 Å². The summed E-state index contributed by atoms with van der Waals surface area (Å²) in [5, 5.41) is 0. The molecule has 0 atom stereocenters. The number of hydrogen-bond acceptors (Lipinski definition) is 2. The van der Waals surface area contributed by atoms with E-state index in [4.69, 9.17) is 4.74 Å². The highest BCUT2D eigenvalue weighted by atomic mass is 16.5. The summed E-state index contributed by atoms with van der Waals surface area (Å²) in [5.41, 5.74) is 2.42. The molecule has 12 heavy (non-hydrogen) atoms. The van der Waals surface area contributed by atoms with Crippen molar-refractivity contribution in [2.24, 2.45) is 0 Å². The highest BCUT2D eigenvalue weighted by Crippen LogP contribution is 2.31. The van der Waals surface area contributed by atoms with Crippen LogP contribution in [0.25, 0.3) is 0 Å². The van der Waals surface area contributed by atoms with Crippen molar-refractivity contribution < 1.29 is 4.74 Å². The molecule has 1 aromatic heterocycles. The third kappa shape index (κ3) is 1.07. The average Bonchev–Trinajstić information content (AvgIpc) is 2.49. The number of ether oxygens (including phenoxy) is 1. The van der Waals surface area contributed by atoms with Crippen molar-refractivity contribution in [2.75, 3.05) is 6.61 Å². The molecule has 0 saturated heterocycles. The van der Waals surface area contributed by atoms with Crippen LogP contribution in [-0.2, 0) is 6.42 Å². The van der Waals surface area contributed by atoms with Crippen LogP contribution >= 0.6 is 0 Å². The molecule has 0 fully saturated rings. The largest absolute Gasteiger partial charge is 0.491 e. The van der Waals surface area contributed by atoms with Crippen LogP contribution in [0.1, 0.15) is 31.0 Å². The van der Waals surface area contributed by atoms with Gasteiger partial charge in [0.25, 0.3) is 0 Å². The second kappa shape index (κ2) is 2.77. The summed E-state index contributed by atoms with van der Waals surface area (Å²) in [7, 11) is 0. The fourth-order valence-corrected chi connectivity index (χ4v) is 1.54. The normalized spacial score (nSPS) is 14.6. The van der Waals surface area contributed by atoms with E-state index in [1.165, 1.54) is 5.56 Å². The Hall–Kier alpha value is -1.05. The van der Waals surface area contributed by atoms with Gasteiger partial charge in [0.2, 0.25) is 0 Å². The zero-order valence-corrected chi connectivity index (χ0v) is 7.50. The number of fused-ring (bicyclic) bond motifs is 1. The van der Waals surface area contributed by atoms with Crippen molar-refractivity contribution in [3.8, 4) is 5.75 Å². The Morgan fingerprint density at radius 1 is 1.50 bits per heavy atom. The van der Waals surface area contributed by atoms with E-state index in [9.17, 15) is 0 Å². The summed E-state index contributed by atoms with van der Waals surface area (Å²) in [4.78, 5) is 4.32. The Kier molecular flexibility index (Phi) is 1.75. The Labute approximate surface area is 72.6 Å². The predicted octanol–water partition coefficient (Wildman–Crippen LogP) is 2.14. The Balaban J connectivity index is 2.49. The van der Waals surface area contributed by atoms with Crippen LogP contribution in [0.5, 0.6) is 5.75 Å². The number of aromatic nitrogens is 1. The third-order valence-electron chi connectivity index (χ3n) is 2.18. The van der Waals surface area contributed by atoms with Crippen molar-refractivity contribution in [1.29, 1.82) is 0 Å². The van der Waals surface area contributed by atoms with E-state index in [1.54, 1.807) is 0 Å². The summed E-state index contributed by atoms with van der Waals surface area (Å²) in [6.07, 6.45) is 2.92. The second-order valence-electron chi connectivity index (χ2n) is 3.44. The fourth-order valence-electron chi connectivity index (χ4n) is 1.54. The van der Waals surface area contributed by atoms with Gasteiger partial charge in [-0.15, -0.1) is 0 Å².